The van der Waals surface area contributed by atoms with Gasteiger partial charge in [0.1, 0.15) is 22.5 Å². The molecule has 34 heavy (non-hydrogen) atoms. The van der Waals surface area contributed by atoms with Gasteiger partial charge >= 0.3 is 0 Å². The van der Waals surface area contributed by atoms with E-state index in [1.165, 1.54) is 20.3 Å². The Bertz CT molecular complexity index is 1130. The molecule has 0 saturated heterocycles. The molecule has 0 amide bonds. The Labute approximate surface area is 200 Å². The Balaban J connectivity index is 1.96. The van der Waals surface area contributed by atoms with Crippen LogP contribution in [0.25, 0.3) is 11.0 Å². The van der Waals surface area contributed by atoms with E-state index in [0.29, 0.717) is 17.2 Å². The van der Waals surface area contributed by atoms with Gasteiger partial charge in [-0.1, -0.05) is 27.7 Å². The van der Waals surface area contributed by atoms with Crippen LogP contribution in [0.5, 0.6) is 34.7 Å². The van der Waals surface area contributed by atoms with Crippen molar-refractivity contribution >= 4 is 11.0 Å². The first-order valence-corrected chi connectivity index (χ1v) is 11.8. The standard InChI is InChI=1S/C27H34O7/c1-7-17(8-2)31-19-11-13-20(14-12-19)33-24-15-21(28)25-22(34-24)16-23(32-18(9-3)10-4)26(29-5)27(25)30-6/h11-18H,7-10H2,1-6H3. The Morgan fingerprint density at radius 3 is 1.88 bits per heavy atom. The predicted molar refractivity (Wildman–Crippen MR) is 132 cm³/mol. The second-order valence-electron chi connectivity index (χ2n) is 7.93. The quantitative estimate of drug-likeness (QED) is 0.290. The van der Waals surface area contributed by atoms with Crippen molar-refractivity contribution < 1.29 is 28.1 Å². The van der Waals surface area contributed by atoms with E-state index in [2.05, 4.69) is 13.8 Å². The van der Waals surface area contributed by atoms with Crippen molar-refractivity contribution in [3.8, 4) is 34.7 Å². The number of hydrogen-bond donors (Lipinski definition) is 0. The fraction of sp³-hybridized carbons (Fsp3) is 0.444. The molecule has 184 valence electrons. The highest BCUT2D eigenvalue weighted by atomic mass is 16.6. The second-order valence-corrected chi connectivity index (χ2v) is 7.93. The largest absolute Gasteiger partial charge is 0.492 e. The molecule has 0 unspecified atom stereocenters. The highest BCUT2D eigenvalue weighted by molar-refractivity contribution is 5.89. The van der Waals surface area contributed by atoms with Crippen LogP contribution >= 0.6 is 0 Å². The first kappa shape index (κ1) is 25.3. The van der Waals surface area contributed by atoms with Gasteiger partial charge in [0.25, 0.3) is 5.95 Å². The lowest BCUT2D eigenvalue weighted by Gasteiger charge is -2.20. The van der Waals surface area contributed by atoms with Crippen molar-refractivity contribution in [1.82, 2.24) is 0 Å². The maximum Gasteiger partial charge on any atom is 0.294 e. The van der Waals surface area contributed by atoms with Crippen molar-refractivity contribution in [3.05, 3.63) is 46.6 Å². The Morgan fingerprint density at radius 1 is 0.765 bits per heavy atom. The number of ether oxygens (including phenoxy) is 5. The zero-order chi connectivity index (χ0) is 24.7. The van der Waals surface area contributed by atoms with Crippen molar-refractivity contribution in [2.45, 2.75) is 65.6 Å². The van der Waals surface area contributed by atoms with E-state index in [-0.39, 0.29) is 40.3 Å². The molecule has 1 heterocycles. The van der Waals surface area contributed by atoms with Crippen LogP contribution in [0.2, 0.25) is 0 Å². The number of rotatable bonds is 12. The van der Waals surface area contributed by atoms with Gasteiger partial charge in [0, 0.05) is 6.07 Å². The van der Waals surface area contributed by atoms with E-state index in [4.69, 9.17) is 28.1 Å². The number of hydrogen-bond acceptors (Lipinski definition) is 7. The summed E-state index contributed by atoms with van der Waals surface area (Å²) in [6.45, 7) is 8.29. The van der Waals surface area contributed by atoms with Crippen LogP contribution < -0.4 is 29.1 Å². The molecule has 3 aromatic rings. The highest BCUT2D eigenvalue weighted by Crippen LogP contribution is 2.43. The van der Waals surface area contributed by atoms with Crippen LogP contribution in [-0.4, -0.2) is 26.4 Å². The normalized spacial score (nSPS) is 11.2. The first-order valence-electron chi connectivity index (χ1n) is 11.8. The molecule has 0 aliphatic heterocycles. The zero-order valence-electron chi connectivity index (χ0n) is 20.8. The first-order chi connectivity index (χ1) is 16.5. The van der Waals surface area contributed by atoms with Crippen molar-refractivity contribution in [1.29, 1.82) is 0 Å². The fourth-order valence-corrected chi connectivity index (χ4v) is 3.74. The molecule has 0 aliphatic carbocycles. The summed E-state index contributed by atoms with van der Waals surface area (Å²) in [4.78, 5) is 13.0. The summed E-state index contributed by atoms with van der Waals surface area (Å²) in [7, 11) is 2.99. The number of methoxy groups -OCH3 is 2. The number of fused-ring (bicyclic) bond motifs is 1. The van der Waals surface area contributed by atoms with E-state index >= 15 is 0 Å². The SMILES string of the molecule is CCC(CC)Oc1ccc(Oc2cc(=O)c3c(OC)c(OC)c(OC(CC)CC)cc3o2)cc1. The van der Waals surface area contributed by atoms with Crippen molar-refractivity contribution in [2.24, 2.45) is 0 Å². The van der Waals surface area contributed by atoms with Crippen LogP contribution in [0.3, 0.4) is 0 Å². The third kappa shape index (κ3) is 5.58. The van der Waals surface area contributed by atoms with Gasteiger partial charge in [-0.25, -0.2) is 0 Å². The lowest BCUT2D eigenvalue weighted by molar-refractivity contribution is 0.183. The van der Waals surface area contributed by atoms with E-state index in [9.17, 15) is 4.79 Å². The maximum atomic E-state index is 13.0. The van der Waals surface area contributed by atoms with Crippen LogP contribution in [0.1, 0.15) is 53.4 Å². The molecular weight excluding hydrogens is 436 g/mol. The second kappa shape index (κ2) is 11.7. The van der Waals surface area contributed by atoms with Crippen molar-refractivity contribution in [2.75, 3.05) is 14.2 Å². The molecular formula is C27H34O7. The van der Waals surface area contributed by atoms with Crippen LogP contribution in [0.15, 0.2) is 45.6 Å². The van der Waals surface area contributed by atoms with Crippen LogP contribution in [-0.2, 0) is 0 Å². The summed E-state index contributed by atoms with van der Waals surface area (Å²) < 4.78 is 34.9. The van der Waals surface area contributed by atoms with E-state index in [1.54, 1.807) is 18.2 Å². The maximum absolute atomic E-state index is 13.0. The average molecular weight is 471 g/mol. The lowest BCUT2D eigenvalue weighted by atomic mass is 10.1. The third-order valence-corrected chi connectivity index (χ3v) is 5.74. The molecule has 7 nitrogen and oxygen atoms in total. The minimum atomic E-state index is -0.311. The van der Waals surface area contributed by atoms with Crippen LogP contribution in [0.4, 0.5) is 0 Å². The van der Waals surface area contributed by atoms with Gasteiger partial charge in [0.2, 0.25) is 11.2 Å². The Morgan fingerprint density at radius 2 is 1.32 bits per heavy atom. The summed E-state index contributed by atoms with van der Waals surface area (Å²) in [6.07, 6.45) is 3.69. The molecule has 0 N–H and O–H groups in total. The minimum Gasteiger partial charge on any atom is -0.492 e. The summed E-state index contributed by atoms with van der Waals surface area (Å²) in [5.74, 6) is 2.42. The molecule has 0 atom stereocenters. The molecule has 0 bridgehead atoms. The van der Waals surface area contributed by atoms with Crippen LogP contribution in [0, 0.1) is 0 Å². The highest BCUT2D eigenvalue weighted by Gasteiger charge is 2.23. The third-order valence-electron chi connectivity index (χ3n) is 5.74. The molecule has 0 fully saturated rings. The number of benzene rings is 2. The molecule has 3 rings (SSSR count). The fourth-order valence-electron chi connectivity index (χ4n) is 3.74. The smallest absolute Gasteiger partial charge is 0.294 e. The topological polar surface area (TPSA) is 76.4 Å². The molecule has 0 aliphatic rings. The predicted octanol–water partition coefficient (Wildman–Crippen LogP) is 6.74. The van der Waals surface area contributed by atoms with E-state index in [1.807, 2.05) is 26.0 Å². The van der Waals surface area contributed by atoms with E-state index < -0.39 is 0 Å². The Kier molecular flexibility index (Phi) is 8.68. The minimum absolute atomic E-state index is 0.0111. The van der Waals surface area contributed by atoms with Gasteiger partial charge in [-0.2, -0.15) is 0 Å². The van der Waals surface area contributed by atoms with Gasteiger partial charge in [-0.05, 0) is 49.9 Å². The average Bonchev–Trinajstić information content (AvgIpc) is 2.85. The molecule has 0 radical (unpaired) electrons. The molecule has 1 aromatic heterocycles. The van der Waals surface area contributed by atoms with Crippen molar-refractivity contribution in [3.63, 3.8) is 0 Å². The summed E-state index contributed by atoms with van der Waals surface area (Å²) in [5, 5.41) is 0.262. The molecule has 2 aromatic carbocycles. The summed E-state index contributed by atoms with van der Waals surface area (Å²) in [6, 6.07) is 10.2. The Hall–Kier alpha value is -3.35. The van der Waals surface area contributed by atoms with Gasteiger partial charge in [-0.3, -0.25) is 4.79 Å². The summed E-state index contributed by atoms with van der Waals surface area (Å²) in [5.41, 5.74) is -0.0241. The molecule has 7 heteroatoms. The molecule has 0 spiro atoms. The van der Waals surface area contributed by atoms with Gasteiger partial charge in [0.15, 0.2) is 11.5 Å². The van der Waals surface area contributed by atoms with E-state index in [0.717, 1.165) is 31.4 Å². The zero-order valence-corrected chi connectivity index (χ0v) is 20.8. The monoisotopic (exact) mass is 470 g/mol. The van der Waals surface area contributed by atoms with Gasteiger partial charge in [0.05, 0.1) is 32.5 Å². The van der Waals surface area contributed by atoms with Gasteiger partial charge < -0.3 is 28.1 Å². The lowest BCUT2D eigenvalue weighted by Crippen LogP contribution is -2.15. The molecule has 0 saturated carbocycles. The van der Waals surface area contributed by atoms with Gasteiger partial charge in [-0.15, -0.1) is 0 Å². The summed E-state index contributed by atoms with van der Waals surface area (Å²) >= 11 is 0.